The molecule has 0 saturated carbocycles. The SMILES string of the molecule is CCOc1ccc(Nc2ccc(OC(C)(C)CC)cc2)cc1. The molecule has 0 aliphatic rings. The average Bonchev–Trinajstić information content (AvgIpc) is 2.51. The van der Waals surface area contributed by atoms with Crippen LogP contribution in [-0.2, 0) is 0 Å². The summed E-state index contributed by atoms with van der Waals surface area (Å²) in [6.07, 6.45) is 0.971. The van der Waals surface area contributed by atoms with Crippen LogP contribution in [0.15, 0.2) is 48.5 Å². The van der Waals surface area contributed by atoms with Gasteiger partial charge in [-0.05, 0) is 75.7 Å². The van der Waals surface area contributed by atoms with Gasteiger partial charge in [0.2, 0.25) is 0 Å². The molecule has 0 saturated heterocycles. The zero-order valence-corrected chi connectivity index (χ0v) is 13.8. The van der Waals surface area contributed by atoms with E-state index >= 15 is 0 Å². The first kappa shape index (κ1) is 16.2. The van der Waals surface area contributed by atoms with Crippen molar-refractivity contribution in [1.82, 2.24) is 0 Å². The number of hydrogen-bond acceptors (Lipinski definition) is 3. The van der Waals surface area contributed by atoms with Crippen LogP contribution < -0.4 is 14.8 Å². The number of hydrogen-bond donors (Lipinski definition) is 1. The Morgan fingerprint density at radius 2 is 1.32 bits per heavy atom. The fraction of sp³-hybridized carbons (Fsp3) is 0.368. The lowest BCUT2D eigenvalue weighted by atomic mass is 10.1. The Hall–Kier alpha value is -2.16. The van der Waals surface area contributed by atoms with E-state index in [9.17, 15) is 0 Å². The lowest BCUT2D eigenvalue weighted by Gasteiger charge is -2.25. The maximum absolute atomic E-state index is 5.95. The van der Waals surface area contributed by atoms with Crippen molar-refractivity contribution >= 4 is 11.4 Å². The van der Waals surface area contributed by atoms with Crippen molar-refractivity contribution in [3.63, 3.8) is 0 Å². The van der Waals surface area contributed by atoms with Crippen molar-refractivity contribution in [3.8, 4) is 11.5 Å². The first-order valence-corrected chi connectivity index (χ1v) is 7.81. The molecule has 3 nitrogen and oxygen atoms in total. The van der Waals surface area contributed by atoms with E-state index in [2.05, 4.69) is 26.1 Å². The molecule has 0 atom stereocenters. The highest BCUT2D eigenvalue weighted by Gasteiger charge is 2.16. The maximum Gasteiger partial charge on any atom is 0.120 e. The second-order valence-corrected chi connectivity index (χ2v) is 5.82. The summed E-state index contributed by atoms with van der Waals surface area (Å²) in [6, 6.07) is 16.0. The van der Waals surface area contributed by atoms with Gasteiger partial charge in [-0.1, -0.05) is 6.92 Å². The molecule has 0 unspecified atom stereocenters. The van der Waals surface area contributed by atoms with Crippen LogP contribution in [0.3, 0.4) is 0 Å². The van der Waals surface area contributed by atoms with Gasteiger partial charge in [-0.15, -0.1) is 0 Å². The molecule has 0 radical (unpaired) electrons. The number of ether oxygens (including phenoxy) is 2. The first-order valence-electron chi connectivity index (χ1n) is 7.81. The Morgan fingerprint density at radius 1 is 0.818 bits per heavy atom. The third-order valence-corrected chi connectivity index (χ3v) is 3.55. The minimum absolute atomic E-state index is 0.135. The quantitative estimate of drug-likeness (QED) is 0.743. The first-order chi connectivity index (χ1) is 10.5. The van der Waals surface area contributed by atoms with Crippen molar-refractivity contribution in [2.24, 2.45) is 0 Å². The van der Waals surface area contributed by atoms with Crippen LogP contribution in [0.5, 0.6) is 11.5 Å². The molecule has 3 heteroatoms. The van der Waals surface area contributed by atoms with Crippen LogP contribution in [-0.4, -0.2) is 12.2 Å². The molecule has 1 N–H and O–H groups in total. The van der Waals surface area contributed by atoms with Crippen molar-refractivity contribution < 1.29 is 9.47 Å². The van der Waals surface area contributed by atoms with Crippen LogP contribution in [0.25, 0.3) is 0 Å². The Labute approximate surface area is 133 Å². The number of rotatable bonds is 7. The van der Waals surface area contributed by atoms with Gasteiger partial charge in [-0.2, -0.15) is 0 Å². The van der Waals surface area contributed by atoms with Crippen LogP contribution in [0.4, 0.5) is 11.4 Å². The van der Waals surface area contributed by atoms with Gasteiger partial charge >= 0.3 is 0 Å². The zero-order valence-electron chi connectivity index (χ0n) is 13.8. The van der Waals surface area contributed by atoms with Crippen LogP contribution in [0.2, 0.25) is 0 Å². The molecule has 0 heterocycles. The average molecular weight is 299 g/mol. The summed E-state index contributed by atoms with van der Waals surface area (Å²) in [7, 11) is 0. The van der Waals surface area contributed by atoms with E-state index in [1.54, 1.807) is 0 Å². The standard InChI is InChI=1S/C19H25NO2/c1-5-19(3,4)22-18-13-9-16(10-14-18)20-15-7-11-17(12-8-15)21-6-2/h7-14,20H,5-6H2,1-4H3. The molecule has 2 rings (SSSR count). The molecule has 2 aromatic rings. The second-order valence-electron chi connectivity index (χ2n) is 5.82. The van der Waals surface area contributed by atoms with Crippen LogP contribution in [0, 0.1) is 0 Å². The van der Waals surface area contributed by atoms with Gasteiger partial charge in [0, 0.05) is 11.4 Å². The summed E-state index contributed by atoms with van der Waals surface area (Å²) in [5, 5.41) is 3.37. The van der Waals surface area contributed by atoms with Crippen LogP contribution in [0.1, 0.15) is 34.1 Å². The van der Waals surface area contributed by atoms with Crippen LogP contribution >= 0.6 is 0 Å². The molecule has 0 aliphatic heterocycles. The topological polar surface area (TPSA) is 30.5 Å². The van der Waals surface area contributed by atoms with Crippen molar-refractivity contribution in [1.29, 1.82) is 0 Å². The van der Waals surface area contributed by atoms with Gasteiger partial charge in [-0.25, -0.2) is 0 Å². The summed E-state index contributed by atoms with van der Waals surface area (Å²) in [6.45, 7) is 8.98. The van der Waals surface area contributed by atoms with E-state index in [0.717, 1.165) is 29.3 Å². The summed E-state index contributed by atoms with van der Waals surface area (Å²) in [5.41, 5.74) is 1.93. The lowest BCUT2D eigenvalue weighted by Crippen LogP contribution is -2.26. The summed E-state index contributed by atoms with van der Waals surface area (Å²) < 4.78 is 11.4. The minimum atomic E-state index is -0.135. The molecule has 0 bridgehead atoms. The number of nitrogens with one attached hydrogen (secondary N) is 1. The van der Waals surface area contributed by atoms with E-state index < -0.39 is 0 Å². The zero-order chi connectivity index (χ0) is 16.0. The molecule has 0 amide bonds. The van der Waals surface area contributed by atoms with E-state index in [1.165, 1.54) is 0 Å². The highest BCUT2D eigenvalue weighted by atomic mass is 16.5. The smallest absolute Gasteiger partial charge is 0.120 e. The van der Waals surface area contributed by atoms with Gasteiger partial charge in [0.05, 0.1) is 6.61 Å². The van der Waals surface area contributed by atoms with Gasteiger partial charge in [0.15, 0.2) is 0 Å². The third-order valence-electron chi connectivity index (χ3n) is 3.55. The summed E-state index contributed by atoms with van der Waals surface area (Å²) >= 11 is 0. The maximum atomic E-state index is 5.95. The van der Waals surface area contributed by atoms with E-state index in [-0.39, 0.29) is 5.60 Å². The molecule has 0 fully saturated rings. The second kappa shape index (κ2) is 7.21. The Morgan fingerprint density at radius 3 is 1.77 bits per heavy atom. The van der Waals surface area contributed by atoms with Gasteiger partial charge in [-0.3, -0.25) is 0 Å². The molecular formula is C19H25NO2. The predicted molar refractivity (Wildman–Crippen MR) is 92.3 cm³/mol. The van der Waals surface area contributed by atoms with Crippen molar-refractivity contribution in [2.75, 3.05) is 11.9 Å². The predicted octanol–water partition coefficient (Wildman–Crippen LogP) is 5.40. The third kappa shape index (κ3) is 4.69. The Bertz CT molecular complexity index is 573. The van der Waals surface area contributed by atoms with Gasteiger partial charge in [0.1, 0.15) is 17.1 Å². The lowest BCUT2D eigenvalue weighted by molar-refractivity contribution is 0.105. The van der Waals surface area contributed by atoms with Crippen molar-refractivity contribution in [2.45, 2.75) is 39.7 Å². The van der Waals surface area contributed by atoms with E-state index in [0.29, 0.717) is 6.61 Å². The highest BCUT2D eigenvalue weighted by Crippen LogP contribution is 2.25. The van der Waals surface area contributed by atoms with Gasteiger partial charge < -0.3 is 14.8 Å². The molecule has 0 spiro atoms. The summed E-state index contributed by atoms with van der Waals surface area (Å²) in [5.74, 6) is 1.78. The molecule has 0 aromatic heterocycles. The van der Waals surface area contributed by atoms with E-state index in [4.69, 9.17) is 9.47 Å². The molecular weight excluding hydrogens is 274 g/mol. The van der Waals surface area contributed by atoms with E-state index in [1.807, 2.05) is 55.5 Å². The van der Waals surface area contributed by atoms with Gasteiger partial charge in [0.25, 0.3) is 0 Å². The number of benzene rings is 2. The largest absolute Gasteiger partial charge is 0.494 e. The fourth-order valence-electron chi connectivity index (χ4n) is 1.97. The summed E-state index contributed by atoms with van der Waals surface area (Å²) in [4.78, 5) is 0. The fourth-order valence-corrected chi connectivity index (χ4v) is 1.97. The number of anilines is 2. The normalized spacial score (nSPS) is 11.1. The molecule has 22 heavy (non-hydrogen) atoms. The molecule has 0 aliphatic carbocycles. The molecule has 118 valence electrons. The Balaban J connectivity index is 1.99. The highest BCUT2D eigenvalue weighted by molar-refractivity contribution is 5.61. The van der Waals surface area contributed by atoms with Crippen molar-refractivity contribution in [3.05, 3.63) is 48.5 Å². The molecule has 2 aromatic carbocycles. The monoisotopic (exact) mass is 299 g/mol. The minimum Gasteiger partial charge on any atom is -0.494 e. The Kier molecular flexibility index (Phi) is 5.31.